The van der Waals surface area contributed by atoms with Crippen LogP contribution in [0.2, 0.25) is 0 Å². The van der Waals surface area contributed by atoms with Crippen molar-refractivity contribution >= 4 is 0 Å². The maximum Gasteiger partial charge on any atom is 0.166 e. The smallest absolute Gasteiger partial charge is 0.166 e. The Hall–Kier alpha value is -0.990. The van der Waals surface area contributed by atoms with Crippen molar-refractivity contribution in [3.8, 4) is 0 Å². The fraction of sp³-hybridized carbons (Fsp3) is 0.600. The summed E-state index contributed by atoms with van der Waals surface area (Å²) in [7, 11) is 0. The van der Waals surface area contributed by atoms with E-state index in [0.717, 1.165) is 0 Å². The first-order chi connectivity index (χ1) is 6.04. The molecule has 1 aromatic heterocycles. The Balaban J connectivity index is 3.18. The molecule has 0 bridgehead atoms. The van der Waals surface area contributed by atoms with Crippen LogP contribution in [0.3, 0.4) is 0 Å². The highest BCUT2D eigenvalue weighted by Gasteiger charge is 2.15. The van der Waals surface area contributed by atoms with E-state index in [0.29, 0.717) is 11.4 Å². The molecule has 3 heteroatoms. The summed E-state index contributed by atoms with van der Waals surface area (Å²) in [5.74, 6) is -0.0199. The Morgan fingerprint density at radius 1 is 1.00 bits per heavy atom. The lowest BCUT2D eigenvalue weighted by molar-refractivity contribution is 0.545. The first kappa shape index (κ1) is 10.1. The molecule has 0 atom stereocenters. The third-order valence-electron chi connectivity index (χ3n) is 1.94. The molecule has 1 heterocycles. The molecule has 13 heavy (non-hydrogen) atoms. The van der Waals surface area contributed by atoms with E-state index in [1.54, 1.807) is 0 Å². The van der Waals surface area contributed by atoms with Gasteiger partial charge in [-0.2, -0.15) is 0 Å². The number of hydrogen-bond donors (Lipinski definition) is 0. The van der Waals surface area contributed by atoms with Gasteiger partial charge in [-0.05, 0) is 11.8 Å². The van der Waals surface area contributed by atoms with E-state index in [4.69, 9.17) is 0 Å². The van der Waals surface area contributed by atoms with Gasteiger partial charge in [0.25, 0.3) is 0 Å². The molecule has 0 aliphatic rings. The number of hydrogen-bond acceptors (Lipinski definition) is 2. The van der Waals surface area contributed by atoms with E-state index in [1.165, 1.54) is 6.33 Å². The van der Waals surface area contributed by atoms with Crippen molar-refractivity contribution in [2.75, 3.05) is 0 Å². The molecule has 0 aliphatic heterocycles. The Morgan fingerprint density at radius 3 is 1.69 bits per heavy atom. The van der Waals surface area contributed by atoms with Crippen LogP contribution in [-0.2, 0) is 0 Å². The van der Waals surface area contributed by atoms with Crippen LogP contribution in [0.15, 0.2) is 6.33 Å². The van der Waals surface area contributed by atoms with Crippen LogP contribution < -0.4 is 0 Å². The number of nitrogens with zero attached hydrogens (tertiary/aromatic N) is 2. The van der Waals surface area contributed by atoms with Crippen molar-refractivity contribution < 1.29 is 4.39 Å². The van der Waals surface area contributed by atoms with Gasteiger partial charge in [0.05, 0.1) is 11.4 Å². The minimum absolute atomic E-state index is 0.112. The molecule has 0 radical (unpaired) electrons. The van der Waals surface area contributed by atoms with Crippen LogP contribution in [0, 0.1) is 5.82 Å². The second kappa shape index (κ2) is 3.81. The van der Waals surface area contributed by atoms with Crippen LogP contribution in [0.1, 0.15) is 50.9 Å². The second-order valence-electron chi connectivity index (χ2n) is 3.77. The largest absolute Gasteiger partial charge is 0.238 e. The van der Waals surface area contributed by atoms with Gasteiger partial charge in [0.2, 0.25) is 0 Å². The summed E-state index contributed by atoms with van der Waals surface area (Å²) in [5.41, 5.74) is 1.03. The molecule has 1 aromatic rings. The lowest BCUT2D eigenvalue weighted by Crippen LogP contribution is -2.05. The molecular formula is C10H15FN2. The molecule has 0 unspecified atom stereocenters. The van der Waals surface area contributed by atoms with E-state index in [1.807, 2.05) is 27.7 Å². The lowest BCUT2D eigenvalue weighted by Gasteiger charge is -2.10. The highest BCUT2D eigenvalue weighted by Crippen LogP contribution is 2.21. The molecule has 0 N–H and O–H groups in total. The van der Waals surface area contributed by atoms with E-state index >= 15 is 0 Å². The number of aromatic nitrogens is 2. The lowest BCUT2D eigenvalue weighted by atomic mass is 10.0. The average Bonchev–Trinajstić information content (AvgIpc) is 2.03. The Morgan fingerprint density at radius 2 is 1.38 bits per heavy atom. The van der Waals surface area contributed by atoms with Gasteiger partial charge in [-0.25, -0.2) is 14.4 Å². The Bertz CT molecular complexity index is 269. The van der Waals surface area contributed by atoms with E-state index in [9.17, 15) is 4.39 Å². The molecule has 0 aromatic carbocycles. The molecule has 0 fully saturated rings. The molecule has 0 saturated heterocycles. The molecule has 0 aliphatic carbocycles. The van der Waals surface area contributed by atoms with Crippen molar-refractivity contribution in [1.82, 2.24) is 9.97 Å². The zero-order chi connectivity index (χ0) is 10.0. The maximum absolute atomic E-state index is 13.6. The van der Waals surface area contributed by atoms with Crippen LogP contribution in [0.5, 0.6) is 0 Å². The minimum Gasteiger partial charge on any atom is -0.238 e. The van der Waals surface area contributed by atoms with Crippen LogP contribution in [-0.4, -0.2) is 9.97 Å². The van der Waals surface area contributed by atoms with Crippen molar-refractivity contribution in [3.05, 3.63) is 23.5 Å². The van der Waals surface area contributed by atoms with E-state index in [-0.39, 0.29) is 17.7 Å². The van der Waals surface area contributed by atoms with Gasteiger partial charge in [0.15, 0.2) is 5.82 Å². The summed E-state index contributed by atoms with van der Waals surface area (Å²) in [4.78, 5) is 7.87. The molecule has 0 spiro atoms. The predicted octanol–water partition coefficient (Wildman–Crippen LogP) is 2.86. The van der Waals surface area contributed by atoms with Crippen LogP contribution in [0.25, 0.3) is 0 Å². The molecule has 0 saturated carbocycles. The molecule has 1 rings (SSSR count). The first-order valence-corrected chi connectivity index (χ1v) is 4.54. The SMILES string of the molecule is CC(C)c1ncnc(C(C)C)c1F. The second-order valence-corrected chi connectivity index (χ2v) is 3.77. The van der Waals surface area contributed by atoms with Crippen LogP contribution in [0.4, 0.5) is 4.39 Å². The first-order valence-electron chi connectivity index (χ1n) is 4.54. The molecule has 0 amide bonds. The quantitative estimate of drug-likeness (QED) is 0.702. The van der Waals surface area contributed by atoms with E-state index < -0.39 is 0 Å². The summed E-state index contributed by atoms with van der Waals surface area (Å²) < 4.78 is 13.6. The van der Waals surface area contributed by atoms with Gasteiger partial charge in [-0.15, -0.1) is 0 Å². The van der Waals surface area contributed by atoms with Gasteiger partial charge in [-0.3, -0.25) is 0 Å². The fourth-order valence-electron chi connectivity index (χ4n) is 1.20. The third-order valence-corrected chi connectivity index (χ3v) is 1.94. The van der Waals surface area contributed by atoms with Gasteiger partial charge >= 0.3 is 0 Å². The zero-order valence-corrected chi connectivity index (χ0v) is 8.50. The summed E-state index contributed by atoms with van der Waals surface area (Å²) >= 11 is 0. The number of halogens is 1. The predicted molar refractivity (Wildman–Crippen MR) is 50.2 cm³/mol. The van der Waals surface area contributed by atoms with Crippen molar-refractivity contribution in [2.45, 2.75) is 39.5 Å². The van der Waals surface area contributed by atoms with Gasteiger partial charge in [-0.1, -0.05) is 27.7 Å². The normalized spacial score (nSPS) is 11.3. The molecule has 2 nitrogen and oxygen atoms in total. The van der Waals surface area contributed by atoms with Gasteiger partial charge < -0.3 is 0 Å². The highest BCUT2D eigenvalue weighted by atomic mass is 19.1. The fourth-order valence-corrected chi connectivity index (χ4v) is 1.20. The highest BCUT2D eigenvalue weighted by molar-refractivity contribution is 5.17. The van der Waals surface area contributed by atoms with Crippen molar-refractivity contribution in [2.24, 2.45) is 0 Å². The Kier molecular flexibility index (Phi) is 2.96. The molecule has 72 valence electrons. The van der Waals surface area contributed by atoms with Gasteiger partial charge in [0, 0.05) is 0 Å². The van der Waals surface area contributed by atoms with Crippen LogP contribution >= 0.6 is 0 Å². The Labute approximate surface area is 78.2 Å². The minimum atomic E-state index is -0.243. The maximum atomic E-state index is 13.6. The monoisotopic (exact) mass is 182 g/mol. The standard InChI is InChI=1S/C10H15FN2/c1-6(2)9-8(11)10(7(3)4)13-5-12-9/h5-7H,1-4H3. The topological polar surface area (TPSA) is 25.8 Å². The summed E-state index contributed by atoms with van der Waals surface area (Å²) in [5, 5.41) is 0. The third kappa shape index (κ3) is 2.02. The number of rotatable bonds is 2. The van der Waals surface area contributed by atoms with Crippen molar-refractivity contribution in [1.29, 1.82) is 0 Å². The van der Waals surface area contributed by atoms with E-state index in [2.05, 4.69) is 9.97 Å². The summed E-state index contributed by atoms with van der Waals surface area (Å²) in [6.07, 6.45) is 1.44. The van der Waals surface area contributed by atoms with Gasteiger partial charge in [0.1, 0.15) is 6.33 Å². The zero-order valence-electron chi connectivity index (χ0n) is 8.50. The van der Waals surface area contributed by atoms with Crippen molar-refractivity contribution in [3.63, 3.8) is 0 Å². The average molecular weight is 182 g/mol. The summed E-state index contributed by atoms with van der Waals surface area (Å²) in [6.45, 7) is 7.70. The summed E-state index contributed by atoms with van der Waals surface area (Å²) in [6, 6.07) is 0. The molecular weight excluding hydrogens is 167 g/mol.